The van der Waals surface area contributed by atoms with Gasteiger partial charge in [0, 0.05) is 18.4 Å². The highest BCUT2D eigenvalue weighted by Crippen LogP contribution is 2.19. The normalized spacial score (nSPS) is 10.1. The number of halogens is 1. The molecule has 0 aromatic heterocycles. The zero-order valence-electron chi connectivity index (χ0n) is 11.1. The fraction of sp³-hybridized carbons (Fsp3) is 0.429. The van der Waals surface area contributed by atoms with Crippen LogP contribution in [0.5, 0.6) is 5.75 Å². The van der Waals surface area contributed by atoms with Crippen LogP contribution < -0.4 is 4.74 Å². The van der Waals surface area contributed by atoms with Gasteiger partial charge in [0.1, 0.15) is 0 Å². The van der Waals surface area contributed by atoms with Crippen molar-refractivity contribution in [2.24, 2.45) is 0 Å². The molecule has 5 heteroatoms. The summed E-state index contributed by atoms with van der Waals surface area (Å²) in [5.74, 6) is -0.996. The van der Waals surface area contributed by atoms with E-state index >= 15 is 0 Å². The van der Waals surface area contributed by atoms with Crippen molar-refractivity contribution in [1.82, 2.24) is 0 Å². The van der Waals surface area contributed by atoms with Gasteiger partial charge in [0.15, 0.2) is 17.3 Å². The first kappa shape index (κ1) is 15.1. The third kappa shape index (κ3) is 4.69. The Labute approximate surface area is 111 Å². The highest BCUT2D eigenvalue weighted by atomic mass is 19.1. The molecule has 0 aliphatic heterocycles. The first-order chi connectivity index (χ1) is 9.08. The molecule has 0 amide bonds. The second kappa shape index (κ2) is 7.51. The lowest BCUT2D eigenvalue weighted by Crippen LogP contribution is -2.06. The van der Waals surface area contributed by atoms with Gasteiger partial charge in [0.05, 0.1) is 13.7 Å². The summed E-state index contributed by atoms with van der Waals surface area (Å²) in [7, 11) is 1.36. The van der Waals surface area contributed by atoms with Crippen molar-refractivity contribution in [3.8, 4) is 5.75 Å². The summed E-state index contributed by atoms with van der Waals surface area (Å²) in [6.45, 7) is 2.06. The number of benzene rings is 1. The highest BCUT2D eigenvalue weighted by Gasteiger charge is 2.11. The summed E-state index contributed by atoms with van der Waals surface area (Å²) in [6, 6.07) is 4.06. The van der Waals surface area contributed by atoms with E-state index in [9.17, 15) is 14.0 Å². The molecule has 0 saturated heterocycles. The van der Waals surface area contributed by atoms with Crippen LogP contribution >= 0.6 is 0 Å². The van der Waals surface area contributed by atoms with Crippen LogP contribution in [0.3, 0.4) is 0 Å². The zero-order chi connectivity index (χ0) is 14.3. The van der Waals surface area contributed by atoms with E-state index in [-0.39, 0.29) is 35.9 Å². The van der Waals surface area contributed by atoms with Crippen LogP contribution in [0.1, 0.15) is 36.5 Å². The fourth-order valence-electron chi connectivity index (χ4n) is 1.61. The van der Waals surface area contributed by atoms with Crippen molar-refractivity contribution < 1.29 is 23.5 Å². The number of carbonyl (C=O) groups excluding carboxylic acids is 2. The Morgan fingerprint density at radius 1 is 1.26 bits per heavy atom. The molecule has 0 unspecified atom stereocenters. The van der Waals surface area contributed by atoms with E-state index in [1.54, 1.807) is 6.92 Å². The molecule has 0 N–H and O–H groups in total. The average molecular weight is 268 g/mol. The van der Waals surface area contributed by atoms with Crippen molar-refractivity contribution >= 4 is 11.8 Å². The molecule has 0 saturated carbocycles. The summed E-state index contributed by atoms with van der Waals surface area (Å²) < 4.78 is 22.9. The van der Waals surface area contributed by atoms with Crippen molar-refractivity contribution in [2.45, 2.75) is 26.2 Å². The third-order valence-electron chi connectivity index (χ3n) is 2.56. The van der Waals surface area contributed by atoms with E-state index in [0.29, 0.717) is 13.0 Å². The van der Waals surface area contributed by atoms with Gasteiger partial charge in [-0.15, -0.1) is 0 Å². The van der Waals surface area contributed by atoms with Crippen LogP contribution in [0.4, 0.5) is 4.39 Å². The Kier molecular flexibility index (Phi) is 5.99. The third-order valence-corrected chi connectivity index (χ3v) is 2.56. The maximum atomic E-state index is 13.4. The number of esters is 1. The van der Waals surface area contributed by atoms with Gasteiger partial charge in [0.25, 0.3) is 0 Å². The minimum Gasteiger partial charge on any atom is -0.494 e. The van der Waals surface area contributed by atoms with E-state index in [1.807, 2.05) is 0 Å². The molecular formula is C14H17FO4. The van der Waals surface area contributed by atoms with Gasteiger partial charge < -0.3 is 9.47 Å². The summed E-state index contributed by atoms with van der Waals surface area (Å²) in [4.78, 5) is 22.9. The van der Waals surface area contributed by atoms with Gasteiger partial charge in [0.2, 0.25) is 0 Å². The van der Waals surface area contributed by atoms with Gasteiger partial charge in [-0.25, -0.2) is 4.39 Å². The van der Waals surface area contributed by atoms with Gasteiger partial charge in [-0.2, -0.15) is 0 Å². The number of hydrogen-bond acceptors (Lipinski definition) is 4. The van der Waals surface area contributed by atoms with Crippen molar-refractivity contribution in [2.75, 3.05) is 13.7 Å². The van der Waals surface area contributed by atoms with Crippen molar-refractivity contribution in [1.29, 1.82) is 0 Å². The molecule has 0 atom stereocenters. The topological polar surface area (TPSA) is 52.6 Å². The average Bonchev–Trinajstić information content (AvgIpc) is 2.38. The summed E-state index contributed by atoms with van der Waals surface area (Å²) >= 11 is 0. The standard InChI is InChI=1S/C14H17FO4/c1-3-19-14(17)6-4-5-12(16)10-7-8-13(18-2)11(15)9-10/h7-9H,3-6H2,1-2H3. The smallest absolute Gasteiger partial charge is 0.305 e. The number of hydrogen-bond donors (Lipinski definition) is 0. The quantitative estimate of drug-likeness (QED) is 0.563. The van der Waals surface area contributed by atoms with Crippen LogP contribution in [0.2, 0.25) is 0 Å². The molecule has 0 aliphatic rings. The molecule has 0 heterocycles. The SMILES string of the molecule is CCOC(=O)CCCC(=O)c1ccc(OC)c(F)c1. The summed E-state index contributed by atoms with van der Waals surface area (Å²) in [6.07, 6.45) is 0.772. The van der Waals surface area contributed by atoms with Crippen molar-refractivity contribution in [3.05, 3.63) is 29.6 Å². The minimum atomic E-state index is -0.571. The number of Topliss-reactive ketones (excluding diaryl/α,β-unsaturated/α-hetero) is 1. The molecule has 19 heavy (non-hydrogen) atoms. The van der Waals surface area contributed by atoms with Gasteiger partial charge in [-0.3, -0.25) is 9.59 Å². The van der Waals surface area contributed by atoms with Crippen LogP contribution in [0.15, 0.2) is 18.2 Å². The second-order valence-corrected chi connectivity index (χ2v) is 3.93. The molecular weight excluding hydrogens is 251 g/mol. The molecule has 0 radical (unpaired) electrons. The summed E-state index contributed by atoms with van der Waals surface area (Å²) in [5, 5.41) is 0. The van der Waals surface area contributed by atoms with E-state index in [2.05, 4.69) is 0 Å². The van der Waals surface area contributed by atoms with E-state index in [1.165, 1.54) is 19.2 Å². The lowest BCUT2D eigenvalue weighted by molar-refractivity contribution is -0.143. The van der Waals surface area contributed by atoms with Crippen LogP contribution in [-0.2, 0) is 9.53 Å². The highest BCUT2D eigenvalue weighted by molar-refractivity contribution is 5.96. The monoisotopic (exact) mass is 268 g/mol. The van der Waals surface area contributed by atoms with E-state index < -0.39 is 5.82 Å². The van der Waals surface area contributed by atoms with Gasteiger partial charge in [-0.05, 0) is 31.5 Å². The maximum Gasteiger partial charge on any atom is 0.305 e. The first-order valence-corrected chi connectivity index (χ1v) is 6.10. The Balaban J connectivity index is 2.50. The lowest BCUT2D eigenvalue weighted by atomic mass is 10.1. The number of ketones is 1. The number of carbonyl (C=O) groups is 2. The largest absolute Gasteiger partial charge is 0.494 e. The van der Waals surface area contributed by atoms with Crippen molar-refractivity contribution in [3.63, 3.8) is 0 Å². The Morgan fingerprint density at radius 2 is 2.00 bits per heavy atom. The molecule has 104 valence electrons. The number of methoxy groups -OCH3 is 1. The van der Waals surface area contributed by atoms with Gasteiger partial charge >= 0.3 is 5.97 Å². The molecule has 1 aromatic carbocycles. The summed E-state index contributed by atoms with van der Waals surface area (Å²) in [5.41, 5.74) is 0.280. The predicted molar refractivity (Wildman–Crippen MR) is 67.8 cm³/mol. The van der Waals surface area contributed by atoms with E-state index in [4.69, 9.17) is 9.47 Å². The molecule has 0 fully saturated rings. The van der Waals surface area contributed by atoms with E-state index in [0.717, 1.165) is 6.07 Å². The lowest BCUT2D eigenvalue weighted by Gasteiger charge is -2.05. The second-order valence-electron chi connectivity index (χ2n) is 3.93. The minimum absolute atomic E-state index is 0.100. The number of ether oxygens (including phenoxy) is 2. The van der Waals surface area contributed by atoms with Crippen LogP contribution in [0.25, 0.3) is 0 Å². The number of rotatable bonds is 7. The first-order valence-electron chi connectivity index (χ1n) is 6.10. The fourth-order valence-corrected chi connectivity index (χ4v) is 1.61. The maximum absolute atomic E-state index is 13.4. The molecule has 1 aromatic rings. The molecule has 0 spiro atoms. The Morgan fingerprint density at radius 3 is 2.58 bits per heavy atom. The Hall–Kier alpha value is -1.91. The molecule has 4 nitrogen and oxygen atoms in total. The van der Waals surface area contributed by atoms with Crippen LogP contribution in [-0.4, -0.2) is 25.5 Å². The molecule has 0 aliphatic carbocycles. The zero-order valence-corrected chi connectivity index (χ0v) is 11.1. The predicted octanol–water partition coefficient (Wildman–Crippen LogP) is 2.75. The Bertz CT molecular complexity index is 457. The molecule has 0 bridgehead atoms. The van der Waals surface area contributed by atoms with Crippen LogP contribution in [0, 0.1) is 5.82 Å². The molecule has 1 rings (SSSR count). The van der Waals surface area contributed by atoms with Gasteiger partial charge in [-0.1, -0.05) is 0 Å².